The highest BCUT2D eigenvalue weighted by Gasteiger charge is 2.15. The Morgan fingerprint density at radius 2 is 1.93 bits per heavy atom. The second-order valence-corrected chi connectivity index (χ2v) is 6.66. The van der Waals surface area contributed by atoms with Crippen molar-refractivity contribution in [2.75, 3.05) is 13.7 Å². The van der Waals surface area contributed by atoms with E-state index >= 15 is 0 Å². The molecule has 1 aromatic heterocycles. The van der Waals surface area contributed by atoms with E-state index in [0.717, 1.165) is 29.1 Å². The van der Waals surface area contributed by atoms with Gasteiger partial charge in [0.1, 0.15) is 0 Å². The summed E-state index contributed by atoms with van der Waals surface area (Å²) < 4.78 is 6.81. The normalized spacial score (nSPS) is 12.0. The van der Waals surface area contributed by atoms with Gasteiger partial charge >= 0.3 is 5.97 Å². The molecule has 0 radical (unpaired) electrons. The first-order chi connectivity index (χ1) is 12.8. The minimum atomic E-state index is -0.823. The molecule has 27 heavy (non-hydrogen) atoms. The molecular weight excluding hydrogens is 346 g/mol. The summed E-state index contributed by atoms with van der Waals surface area (Å²) >= 11 is 0. The number of rotatable bonds is 9. The van der Waals surface area contributed by atoms with Crippen molar-refractivity contribution in [3.05, 3.63) is 46.8 Å². The van der Waals surface area contributed by atoms with Gasteiger partial charge in [-0.2, -0.15) is 5.10 Å². The molecule has 0 saturated carbocycles. The molecule has 2 N–H and O–H groups in total. The third-order valence-electron chi connectivity index (χ3n) is 4.54. The van der Waals surface area contributed by atoms with Crippen LogP contribution >= 0.6 is 0 Å². The summed E-state index contributed by atoms with van der Waals surface area (Å²) in [6.45, 7) is 6.35. The van der Waals surface area contributed by atoms with Crippen molar-refractivity contribution < 1.29 is 19.4 Å². The van der Waals surface area contributed by atoms with E-state index in [1.54, 1.807) is 23.9 Å². The van der Waals surface area contributed by atoms with E-state index in [4.69, 9.17) is 9.84 Å². The zero-order valence-electron chi connectivity index (χ0n) is 16.3. The monoisotopic (exact) mass is 373 g/mol. The van der Waals surface area contributed by atoms with Crippen molar-refractivity contribution in [3.63, 3.8) is 0 Å². The van der Waals surface area contributed by atoms with Gasteiger partial charge in [-0.1, -0.05) is 0 Å². The molecule has 1 heterocycles. The Kier molecular flexibility index (Phi) is 7.12. The van der Waals surface area contributed by atoms with Crippen LogP contribution in [0.5, 0.6) is 0 Å². The number of hydrogen-bond donors (Lipinski definition) is 2. The van der Waals surface area contributed by atoms with Gasteiger partial charge in [-0.25, -0.2) is 4.68 Å². The van der Waals surface area contributed by atoms with Gasteiger partial charge in [-0.05, 0) is 63.4 Å². The summed E-state index contributed by atoms with van der Waals surface area (Å²) in [6.07, 6.45) is 1.28. The quantitative estimate of drug-likeness (QED) is 0.705. The average Bonchev–Trinajstić information content (AvgIpc) is 2.92. The number of nitrogens with zero attached hydrogens (tertiary/aromatic N) is 2. The number of benzene rings is 1. The van der Waals surface area contributed by atoms with Gasteiger partial charge in [0.15, 0.2) is 0 Å². The summed E-state index contributed by atoms with van der Waals surface area (Å²) in [6, 6.07) is 7.25. The third kappa shape index (κ3) is 5.40. The zero-order chi connectivity index (χ0) is 20.0. The molecule has 1 atom stereocenters. The fourth-order valence-corrected chi connectivity index (χ4v) is 2.95. The maximum absolute atomic E-state index is 12.3. The van der Waals surface area contributed by atoms with E-state index in [-0.39, 0.29) is 18.4 Å². The van der Waals surface area contributed by atoms with Crippen molar-refractivity contribution in [1.29, 1.82) is 0 Å². The Morgan fingerprint density at radius 1 is 1.26 bits per heavy atom. The first-order valence-electron chi connectivity index (χ1n) is 9.00. The molecule has 0 aliphatic carbocycles. The van der Waals surface area contributed by atoms with Crippen LogP contribution in [0.25, 0.3) is 5.69 Å². The van der Waals surface area contributed by atoms with Crippen LogP contribution in [0.4, 0.5) is 0 Å². The first-order valence-corrected chi connectivity index (χ1v) is 9.00. The lowest BCUT2D eigenvalue weighted by atomic mass is 10.1. The van der Waals surface area contributed by atoms with Gasteiger partial charge in [0.25, 0.3) is 5.91 Å². The van der Waals surface area contributed by atoms with E-state index in [1.165, 1.54) is 0 Å². The maximum atomic E-state index is 12.3. The SMILES string of the molecule is COCCC(C)NC(=O)c1ccc(-n2nc(C)c(CCC(=O)O)c2C)cc1. The minimum Gasteiger partial charge on any atom is -0.481 e. The van der Waals surface area contributed by atoms with Crippen LogP contribution in [0.1, 0.15) is 47.1 Å². The second-order valence-electron chi connectivity index (χ2n) is 6.66. The number of carbonyl (C=O) groups is 2. The average molecular weight is 373 g/mol. The minimum absolute atomic E-state index is 0.0323. The van der Waals surface area contributed by atoms with Gasteiger partial charge in [0.2, 0.25) is 0 Å². The molecule has 2 rings (SSSR count). The van der Waals surface area contributed by atoms with E-state index in [0.29, 0.717) is 18.6 Å². The van der Waals surface area contributed by atoms with Crippen molar-refractivity contribution in [1.82, 2.24) is 15.1 Å². The van der Waals surface area contributed by atoms with Gasteiger partial charge in [-0.15, -0.1) is 0 Å². The number of carboxylic acid groups (broad SMARTS) is 1. The molecule has 0 spiro atoms. The molecule has 146 valence electrons. The Bertz CT molecular complexity index is 796. The molecule has 7 heteroatoms. The van der Waals surface area contributed by atoms with Crippen LogP contribution in [0.15, 0.2) is 24.3 Å². The third-order valence-corrected chi connectivity index (χ3v) is 4.54. The molecule has 0 saturated heterocycles. The molecule has 1 aromatic carbocycles. The molecule has 0 aliphatic heterocycles. The van der Waals surface area contributed by atoms with Gasteiger partial charge in [-0.3, -0.25) is 9.59 Å². The Balaban J connectivity index is 2.12. The fraction of sp³-hybridized carbons (Fsp3) is 0.450. The summed E-state index contributed by atoms with van der Waals surface area (Å²) in [7, 11) is 1.64. The van der Waals surface area contributed by atoms with Crippen molar-refractivity contribution in [2.45, 2.75) is 46.1 Å². The highest BCUT2D eigenvalue weighted by atomic mass is 16.5. The summed E-state index contributed by atoms with van der Waals surface area (Å²) in [5.74, 6) is -0.947. The highest BCUT2D eigenvalue weighted by Crippen LogP contribution is 2.20. The summed E-state index contributed by atoms with van der Waals surface area (Å²) in [4.78, 5) is 23.1. The van der Waals surface area contributed by atoms with Crippen LogP contribution in [-0.4, -0.2) is 46.5 Å². The molecule has 1 unspecified atom stereocenters. The molecular formula is C20H27N3O4. The lowest BCUT2D eigenvalue weighted by Crippen LogP contribution is -2.33. The Hall–Kier alpha value is -2.67. The molecule has 7 nitrogen and oxygen atoms in total. The van der Waals surface area contributed by atoms with Gasteiger partial charge in [0, 0.05) is 37.4 Å². The lowest BCUT2D eigenvalue weighted by Gasteiger charge is -2.13. The van der Waals surface area contributed by atoms with Gasteiger partial charge < -0.3 is 15.2 Å². The maximum Gasteiger partial charge on any atom is 0.303 e. The molecule has 2 aromatic rings. The number of carboxylic acids is 1. The van der Waals surface area contributed by atoms with E-state index in [2.05, 4.69) is 10.4 Å². The molecule has 0 bridgehead atoms. The van der Waals surface area contributed by atoms with Gasteiger partial charge in [0.05, 0.1) is 11.4 Å². The van der Waals surface area contributed by atoms with Crippen LogP contribution < -0.4 is 5.32 Å². The lowest BCUT2D eigenvalue weighted by molar-refractivity contribution is -0.136. The van der Waals surface area contributed by atoms with Crippen LogP contribution in [-0.2, 0) is 16.0 Å². The van der Waals surface area contributed by atoms with Crippen molar-refractivity contribution >= 4 is 11.9 Å². The largest absolute Gasteiger partial charge is 0.481 e. The van der Waals surface area contributed by atoms with E-state index in [1.807, 2.05) is 32.9 Å². The Morgan fingerprint density at radius 3 is 2.52 bits per heavy atom. The topological polar surface area (TPSA) is 93.5 Å². The standard InChI is InChI=1S/C20H27N3O4/c1-13(11-12-27-4)21-20(26)16-5-7-17(8-6-16)23-15(3)18(14(2)22-23)9-10-19(24)25/h5-8,13H,9-12H2,1-4H3,(H,21,26)(H,24,25). The van der Waals surface area contributed by atoms with Crippen LogP contribution in [0, 0.1) is 13.8 Å². The van der Waals surface area contributed by atoms with E-state index in [9.17, 15) is 9.59 Å². The number of aliphatic carboxylic acids is 1. The highest BCUT2D eigenvalue weighted by molar-refractivity contribution is 5.94. The summed E-state index contributed by atoms with van der Waals surface area (Å²) in [5, 5.41) is 16.4. The zero-order valence-corrected chi connectivity index (χ0v) is 16.3. The molecule has 0 aliphatic rings. The number of amides is 1. The Labute approximate surface area is 159 Å². The number of nitrogens with one attached hydrogen (secondary N) is 1. The number of carbonyl (C=O) groups excluding carboxylic acids is 1. The smallest absolute Gasteiger partial charge is 0.303 e. The fourth-order valence-electron chi connectivity index (χ4n) is 2.95. The van der Waals surface area contributed by atoms with Crippen molar-refractivity contribution in [2.24, 2.45) is 0 Å². The number of aryl methyl sites for hydroxylation is 1. The summed E-state index contributed by atoms with van der Waals surface area (Å²) in [5.41, 5.74) is 4.10. The van der Waals surface area contributed by atoms with Crippen LogP contribution in [0.3, 0.4) is 0 Å². The van der Waals surface area contributed by atoms with E-state index < -0.39 is 5.97 Å². The molecule has 0 fully saturated rings. The number of aromatic nitrogens is 2. The number of methoxy groups -OCH3 is 1. The van der Waals surface area contributed by atoms with Crippen LogP contribution in [0.2, 0.25) is 0 Å². The number of ether oxygens (including phenoxy) is 1. The predicted molar refractivity (Wildman–Crippen MR) is 102 cm³/mol. The first kappa shape index (κ1) is 20.6. The number of hydrogen-bond acceptors (Lipinski definition) is 4. The second kappa shape index (κ2) is 9.32. The molecule has 1 amide bonds. The van der Waals surface area contributed by atoms with Crippen molar-refractivity contribution in [3.8, 4) is 5.69 Å². The predicted octanol–water partition coefficient (Wildman–Crippen LogP) is 2.66.